The SMILES string of the molecule is O=C(OCCOCCOC(=O)C(CC(Cl)C1CCCCC1)C1CCCCC1)C(CC(Cl)C1CCCCC1)C1CCCCC1. The minimum Gasteiger partial charge on any atom is -0.463 e. The summed E-state index contributed by atoms with van der Waals surface area (Å²) in [5.41, 5.74) is 0. The van der Waals surface area contributed by atoms with Gasteiger partial charge in [-0.05, 0) is 87.9 Å². The minimum atomic E-state index is -0.109. The normalized spacial score (nSPS) is 24.6. The summed E-state index contributed by atoms with van der Waals surface area (Å²) in [4.78, 5) is 26.5. The van der Waals surface area contributed by atoms with Crippen LogP contribution in [0.4, 0.5) is 0 Å². The average Bonchev–Trinajstić information content (AvgIpc) is 3.06. The van der Waals surface area contributed by atoms with E-state index in [0.29, 0.717) is 36.9 Å². The van der Waals surface area contributed by atoms with Crippen molar-refractivity contribution in [1.29, 1.82) is 0 Å². The molecule has 248 valence electrons. The Bertz CT molecular complexity index is 721. The molecular weight excluding hydrogens is 583 g/mol. The number of rotatable bonds is 16. The van der Waals surface area contributed by atoms with Gasteiger partial charge in [0.15, 0.2) is 0 Å². The monoisotopic (exact) mass is 642 g/mol. The lowest BCUT2D eigenvalue weighted by atomic mass is 9.75. The molecule has 0 amide bonds. The molecule has 0 N–H and O–H groups in total. The van der Waals surface area contributed by atoms with Gasteiger partial charge in [0.25, 0.3) is 0 Å². The Morgan fingerprint density at radius 2 is 0.767 bits per heavy atom. The molecule has 0 heterocycles. The standard InChI is InChI=1S/C36H60Cl2O5/c37-33(29-17-9-3-10-18-29)25-31(27-13-5-1-6-14-27)35(39)42-23-21-41-22-24-43-36(40)32(28-15-7-2-8-16-28)26-34(38)30-19-11-4-12-20-30/h27-34H,1-26H2. The Morgan fingerprint density at radius 1 is 0.465 bits per heavy atom. The van der Waals surface area contributed by atoms with Crippen molar-refractivity contribution in [3.63, 3.8) is 0 Å². The molecule has 43 heavy (non-hydrogen) atoms. The quantitative estimate of drug-likeness (QED) is 0.0952. The number of carbonyl (C=O) groups is 2. The fraction of sp³-hybridized carbons (Fsp3) is 0.944. The van der Waals surface area contributed by atoms with E-state index in [4.69, 9.17) is 37.4 Å². The molecule has 4 saturated carbocycles. The first-order valence-corrected chi connectivity index (χ1v) is 19.1. The number of ether oxygens (including phenoxy) is 3. The van der Waals surface area contributed by atoms with E-state index < -0.39 is 0 Å². The Balaban J connectivity index is 1.16. The van der Waals surface area contributed by atoms with Crippen LogP contribution in [0.1, 0.15) is 141 Å². The number of esters is 2. The third kappa shape index (κ3) is 12.0. The lowest BCUT2D eigenvalue weighted by molar-refractivity contribution is -0.154. The Kier molecular flexibility index (Phi) is 16.3. The highest BCUT2D eigenvalue weighted by Crippen LogP contribution is 2.40. The van der Waals surface area contributed by atoms with Crippen molar-refractivity contribution in [3.05, 3.63) is 0 Å². The molecule has 4 unspecified atom stereocenters. The number of halogens is 2. The van der Waals surface area contributed by atoms with Crippen LogP contribution in [-0.4, -0.2) is 49.1 Å². The van der Waals surface area contributed by atoms with Crippen molar-refractivity contribution in [2.24, 2.45) is 35.5 Å². The summed E-state index contributed by atoms with van der Waals surface area (Å²) in [6, 6.07) is 0. The third-order valence-corrected chi connectivity index (χ3v) is 12.3. The van der Waals surface area contributed by atoms with Crippen molar-refractivity contribution >= 4 is 35.1 Å². The first-order valence-electron chi connectivity index (χ1n) is 18.2. The molecule has 0 radical (unpaired) electrons. The first kappa shape index (κ1) is 35.3. The predicted molar refractivity (Wildman–Crippen MR) is 175 cm³/mol. The molecule has 4 fully saturated rings. The van der Waals surface area contributed by atoms with Crippen LogP contribution in [0.25, 0.3) is 0 Å². The molecule has 0 aromatic rings. The molecule has 7 heteroatoms. The van der Waals surface area contributed by atoms with Crippen LogP contribution in [0, 0.1) is 35.5 Å². The lowest BCUT2D eigenvalue weighted by Gasteiger charge is -2.33. The number of carbonyl (C=O) groups excluding carboxylic acids is 2. The van der Waals surface area contributed by atoms with Crippen molar-refractivity contribution in [2.75, 3.05) is 26.4 Å². The molecular formula is C36H60Cl2O5. The fourth-order valence-electron chi connectivity index (χ4n) is 8.62. The van der Waals surface area contributed by atoms with Gasteiger partial charge in [-0.2, -0.15) is 0 Å². The van der Waals surface area contributed by atoms with Crippen LogP contribution >= 0.6 is 23.2 Å². The number of hydrogen-bond acceptors (Lipinski definition) is 5. The van der Waals surface area contributed by atoms with Crippen molar-refractivity contribution in [1.82, 2.24) is 0 Å². The second-order valence-corrected chi connectivity index (χ2v) is 15.4. The molecule has 4 aliphatic rings. The zero-order chi connectivity index (χ0) is 30.3. The minimum absolute atomic E-state index is 0.0555. The molecule has 4 atom stereocenters. The number of hydrogen-bond donors (Lipinski definition) is 0. The molecule has 0 aliphatic heterocycles. The second-order valence-electron chi connectivity index (χ2n) is 14.3. The van der Waals surface area contributed by atoms with E-state index in [9.17, 15) is 9.59 Å². The Morgan fingerprint density at radius 3 is 1.09 bits per heavy atom. The fourth-order valence-corrected chi connectivity index (χ4v) is 9.50. The topological polar surface area (TPSA) is 61.8 Å². The van der Waals surface area contributed by atoms with Gasteiger partial charge in [-0.15, -0.1) is 23.2 Å². The summed E-state index contributed by atoms with van der Waals surface area (Å²) in [5.74, 6) is 1.40. The maximum absolute atomic E-state index is 13.2. The predicted octanol–water partition coefficient (Wildman–Crippen LogP) is 9.64. The van der Waals surface area contributed by atoms with Gasteiger partial charge in [-0.25, -0.2) is 0 Å². The maximum atomic E-state index is 13.2. The van der Waals surface area contributed by atoms with E-state index >= 15 is 0 Å². The van der Waals surface area contributed by atoms with E-state index in [-0.39, 0.29) is 47.7 Å². The van der Waals surface area contributed by atoms with Gasteiger partial charge in [0.05, 0.1) is 25.0 Å². The summed E-state index contributed by atoms with van der Waals surface area (Å²) in [6.07, 6.45) is 25.6. The summed E-state index contributed by atoms with van der Waals surface area (Å²) in [5, 5.41) is 0.111. The second kappa shape index (κ2) is 19.9. The molecule has 0 aromatic carbocycles. The van der Waals surface area contributed by atoms with Gasteiger partial charge in [0, 0.05) is 10.8 Å². The molecule has 0 saturated heterocycles. The number of alkyl halides is 2. The highest BCUT2D eigenvalue weighted by molar-refractivity contribution is 6.21. The Labute approximate surface area is 272 Å². The smallest absolute Gasteiger partial charge is 0.309 e. The van der Waals surface area contributed by atoms with Crippen molar-refractivity contribution < 1.29 is 23.8 Å². The zero-order valence-electron chi connectivity index (χ0n) is 26.8. The molecule has 0 spiro atoms. The van der Waals surface area contributed by atoms with E-state index in [2.05, 4.69) is 0 Å². The van der Waals surface area contributed by atoms with Crippen molar-refractivity contribution in [2.45, 2.75) is 152 Å². The van der Waals surface area contributed by atoms with Crippen LogP contribution in [0.5, 0.6) is 0 Å². The third-order valence-electron chi connectivity index (χ3n) is 11.3. The molecule has 0 bridgehead atoms. The summed E-state index contributed by atoms with van der Waals surface area (Å²) in [7, 11) is 0. The van der Waals surface area contributed by atoms with Gasteiger partial charge in [-0.3, -0.25) is 9.59 Å². The van der Waals surface area contributed by atoms with E-state index in [1.165, 1.54) is 103 Å². The molecule has 5 nitrogen and oxygen atoms in total. The van der Waals surface area contributed by atoms with Gasteiger partial charge in [0.1, 0.15) is 13.2 Å². The lowest BCUT2D eigenvalue weighted by Crippen LogP contribution is -2.33. The van der Waals surface area contributed by atoms with Gasteiger partial charge < -0.3 is 14.2 Å². The van der Waals surface area contributed by atoms with Gasteiger partial charge in [-0.1, -0.05) is 77.0 Å². The van der Waals surface area contributed by atoms with Crippen LogP contribution in [-0.2, 0) is 23.8 Å². The van der Waals surface area contributed by atoms with Crippen LogP contribution in [0.15, 0.2) is 0 Å². The highest BCUT2D eigenvalue weighted by Gasteiger charge is 2.36. The molecule has 0 aromatic heterocycles. The van der Waals surface area contributed by atoms with E-state index in [0.717, 1.165) is 38.5 Å². The van der Waals surface area contributed by atoms with Gasteiger partial charge >= 0.3 is 11.9 Å². The summed E-state index contributed by atoms with van der Waals surface area (Å²) < 4.78 is 17.2. The molecule has 4 aliphatic carbocycles. The zero-order valence-corrected chi connectivity index (χ0v) is 28.3. The largest absolute Gasteiger partial charge is 0.463 e. The van der Waals surface area contributed by atoms with Gasteiger partial charge in [0.2, 0.25) is 0 Å². The summed E-state index contributed by atoms with van der Waals surface area (Å²) in [6.45, 7) is 1.08. The van der Waals surface area contributed by atoms with Crippen LogP contribution < -0.4 is 0 Å². The Hall–Kier alpha value is -0.520. The summed E-state index contributed by atoms with van der Waals surface area (Å²) >= 11 is 13.8. The van der Waals surface area contributed by atoms with E-state index in [1.807, 2.05) is 0 Å². The first-order chi connectivity index (χ1) is 21.0. The van der Waals surface area contributed by atoms with E-state index in [1.54, 1.807) is 0 Å². The van der Waals surface area contributed by atoms with Crippen LogP contribution in [0.3, 0.4) is 0 Å². The molecule has 4 rings (SSSR count). The average molecular weight is 644 g/mol. The van der Waals surface area contributed by atoms with Crippen molar-refractivity contribution in [3.8, 4) is 0 Å². The highest BCUT2D eigenvalue weighted by atomic mass is 35.5. The maximum Gasteiger partial charge on any atom is 0.309 e. The van der Waals surface area contributed by atoms with Crippen LogP contribution in [0.2, 0.25) is 0 Å².